The predicted molar refractivity (Wildman–Crippen MR) is 44.1 cm³/mol. The Balaban J connectivity index is 2.23. The van der Waals surface area contributed by atoms with Crippen molar-refractivity contribution in [2.24, 2.45) is 0 Å². The predicted octanol–water partition coefficient (Wildman–Crippen LogP) is 0.0968. The first-order valence-corrected chi connectivity index (χ1v) is 4.70. The maximum atomic E-state index is 10.6. The van der Waals surface area contributed by atoms with Gasteiger partial charge in [0.05, 0.1) is 0 Å². The van der Waals surface area contributed by atoms with Gasteiger partial charge in [-0.3, -0.25) is 0 Å². The molecule has 2 aromatic heterocycles. The third kappa shape index (κ3) is 1.90. The number of hydrogen-bond acceptors (Lipinski definition) is 8. The molecule has 13 heavy (non-hydrogen) atoms. The average Bonchev–Trinajstić information content (AvgIpc) is 2.62. The van der Waals surface area contributed by atoms with Crippen molar-refractivity contribution in [2.75, 3.05) is 0 Å². The fraction of sp³-hybridized carbons (Fsp3) is 0.200. The van der Waals surface area contributed by atoms with Gasteiger partial charge in [-0.15, -0.1) is 0 Å². The molecular formula is C5H2N2O4S2. The van der Waals surface area contributed by atoms with Crippen molar-refractivity contribution >= 4 is 23.1 Å². The summed E-state index contributed by atoms with van der Waals surface area (Å²) in [7, 11) is 0. The average molecular weight is 218 g/mol. The van der Waals surface area contributed by atoms with Crippen LogP contribution in [0.3, 0.4) is 0 Å². The highest BCUT2D eigenvalue weighted by Crippen LogP contribution is 2.03. The second kappa shape index (κ2) is 3.23. The Morgan fingerprint density at radius 2 is 1.46 bits per heavy atom. The Kier molecular flexibility index (Phi) is 2.07. The smallest absolute Gasteiger partial charge is 0.398 e. The van der Waals surface area contributed by atoms with E-state index in [0.29, 0.717) is 23.1 Å². The topological polar surface area (TPSA) is 86.2 Å². The molecule has 6 nitrogen and oxygen atoms in total. The zero-order valence-corrected chi connectivity index (χ0v) is 7.68. The van der Waals surface area contributed by atoms with E-state index in [2.05, 4.69) is 17.6 Å². The molecule has 0 amide bonds. The van der Waals surface area contributed by atoms with Gasteiger partial charge < -0.3 is 8.83 Å². The van der Waals surface area contributed by atoms with Crippen molar-refractivity contribution in [1.82, 2.24) is 8.75 Å². The number of nitrogens with zero attached hydrogens (tertiary/aromatic N) is 2. The van der Waals surface area contributed by atoms with Gasteiger partial charge in [-0.25, -0.2) is 9.59 Å². The molecule has 8 heteroatoms. The number of aromatic nitrogens is 2. The maximum absolute atomic E-state index is 10.6. The van der Waals surface area contributed by atoms with Crippen LogP contribution in [0.25, 0.3) is 0 Å². The molecule has 0 saturated carbocycles. The summed E-state index contributed by atoms with van der Waals surface area (Å²) in [5.74, 6) is 0.424. The Labute approximate surface area is 78.8 Å². The van der Waals surface area contributed by atoms with Gasteiger partial charge in [-0.2, -0.15) is 8.75 Å². The second-order valence-electron chi connectivity index (χ2n) is 2.03. The molecule has 0 atom stereocenters. The molecule has 2 aromatic rings. The van der Waals surface area contributed by atoms with Crippen molar-refractivity contribution in [3.8, 4) is 0 Å². The lowest BCUT2D eigenvalue weighted by molar-refractivity contribution is 0.431. The third-order valence-corrected chi connectivity index (χ3v) is 2.20. The zero-order chi connectivity index (χ0) is 9.26. The largest absolute Gasteiger partial charge is 0.414 e. The molecule has 0 aliphatic carbocycles. The SMILES string of the molecule is O=c1oc(Cc2nsc(=O)o2)ns1. The Bertz CT molecular complexity index is 460. The van der Waals surface area contributed by atoms with Crippen molar-refractivity contribution in [1.29, 1.82) is 0 Å². The fourth-order valence-electron chi connectivity index (χ4n) is 0.709. The summed E-state index contributed by atoms with van der Waals surface area (Å²) in [5, 5.41) is 0. The first-order valence-electron chi connectivity index (χ1n) is 3.15. The van der Waals surface area contributed by atoms with Crippen LogP contribution in [0, 0.1) is 0 Å². The highest BCUT2D eigenvalue weighted by atomic mass is 32.1. The molecule has 0 spiro atoms. The van der Waals surface area contributed by atoms with Crippen molar-refractivity contribution in [3.05, 3.63) is 31.2 Å². The first-order chi connectivity index (χ1) is 6.24. The van der Waals surface area contributed by atoms with Crippen LogP contribution < -0.4 is 9.88 Å². The lowest BCUT2D eigenvalue weighted by Gasteiger charge is -1.83. The molecule has 0 N–H and O–H groups in total. The van der Waals surface area contributed by atoms with E-state index in [-0.39, 0.29) is 18.2 Å². The van der Waals surface area contributed by atoms with Gasteiger partial charge >= 0.3 is 9.88 Å². The first kappa shape index (κ1) is 8.32. The summed E-state index contributed by atoms with van der Waals surface area (Å²) >= 11 is 1.43. The van der Waals surface area contributed by atoms with E-state index in [9.17, 15) is 9.59 Å². The summed E-state index contributed by atoms with van der Waals surface area (Å²) in [4.78, 5) is 20.2. The van der Waals surface area contributed by atoms with Gasteiger partial charge in [0.25, 0.3) is 0 Å². The molecule has 2 heterocycles. The summed E-state index contributed by atoms with van der Waals surface area (Å²) in [6, 6.07) is 0. The van der Waals surface area contributed by atoms with E-state index in [1.54, 1.807) is 0 Å². The quantitative estimate of drug-likeness (QED) is 0.710. The monoisotopic (exact) mass is 218 g/mol. The van der Waals surface area contributed by atoms with E-state index in [0.717, 1.165) is 0 Å². The summed E-state index contributed by atoms with van der Waals surface area (Å²) < 4.78 is 16.7. The van der Waals surface area contributed by atoms with Gasteiger partial charge in [-0.1, -0.05) is 0 Å². The highest BCUT2D eigenvalue weighted by Gasteiger charge is 2.08. The van der Waals surface area contributed by atoms with Gasteiger partial charge in [0.15, 0.2) is 0 Å². The van der Waals surface area contributed by atoms with E-state index >= 15 is 0 Å². The van der Waals surface area contributed by atoms with Crippen LogP contribution in [-0.4, -0.2) is 8.75 Å². The molecule has 0 unspecified atom stereocenters. The molecular weight excluding hydrogens is 216 g/mol. The number of hydrogen-bond donors (Lipinski definition) is 0. The van der Waals surface area contributed by atoms with Crippen LogP contribution in [0.5, 0.6) is 0 Å². The summed E-state index contributed by atoms with van der Waals surface area (Å²) in [6.45, 7) is 0. The molecule has 0 aliphatic rings. The van der Waals surface area contributed by atoms with Gasteiger partial charge in [0.1, 0.15) is 6.42 Å². The molecule has 0 bridgehead atoms. The van der Waals surface area contributed by atoms with Crippen LogP contribution in [0.1, 0.15) is 11.8 Å². The molecule has 0 radical (unpaired) electrons. The minimum Gasteiger partial charge on any atom is -0.398 e. The maximum Gasteiger partial charge on any atom is 0.414 e. The van der Waals surface area contributed by atoms with Crippen molar-refractivity contribution < 1.29 is 8.83 Å². The molecule has 0 saturated heterocycles. The van der Waals surface area contributed by atoms with Crippen molar-refractivity contribution in [3.63, 3.8) is 0 Å². The van der Waals surface area contributed by atoms with Gasteiger partial charge in [-0.05, 0) is 0 Å². The van der Waals surface area contributed by atoms with Crippen LogP contribution in [0.15, 0.2) is 18.4 Å². The third-order valence-electron chi connectivity index (χ3n) is 1.15. The second-order valence-corrected chi connectivity index (χ2v) is 3.43. The Morgan fingerprint density at radius 1 is 1.00 bits per heavy atom. The Morgan fingerprint density at radius 3 is 1.77 bits per heavy atom. The van der Waals surface area contributed by atoms with E-state index in [1.807, 2.05) is 0 Å². The van der Waals surface area contributed by atoms with Crippen molar-refractivity contribution in [2.45, 2.75) is 6.42 Å². The number of rotatable bonds is 2. The van der Waals surface area contributed by atoms with Crippen LogP contribution in [0.4, 0.5) is 0 Å². The van der Waals surface area contributed by atoms with Crippen LogP contribution in [0.2, 0.25) is 0 Å². The normalized spacial score (nSPS) is 10.5. The minimum absolute atomic E-state index is 0.136. The Hall–Kier alpha value is -1.28. The van der Waals surface area contributed by atoms with Gasteiger partial charge in [0.2, 0.25) is 11.8 Å². The minimum atomic E-state index is -0.479. The van der Waals surface area contributed by atoms with E-state index < -0.39 is 9.88 Å². The molecule has 0 fully saturated rings. The summed E-state index contributed by atoms with van der Waals surface area (Å²) in [5.41, 5.74) is 0. The van der Waals surface area contributed by atoms with E-state index in [4.69, 9.17) is 0 Å². The molecule has 0 aliphatic heterocycles. The lowest BCUT2D eigenvalue weighted by Crippen LogP contribution is -1.90. The molecule has 2 rings (SSSR count). The standard InChI is InChI=1S/C5H2N2O4S2/c8-4-10-2(6-12-4)1-3-7-13-5(9)11-3/h1H2. The molecule has 0 aromatic carbocycles. The lowest BCUT2D eigenvalue weighted by atomic mass is 10.4. The highest BCUT2D eigenvalue weighted by molar-refractivity contribution is 7.02. The fourth-order valence-corrected chi connectivity index (χ4v) is 1.53. The van der Waals surface area contributed by atoms with Gasteiger partial charge in [0, 0.05) is 23.1 Å². The van der Waals surface area contributed by atoms with Crippen LogP contribution in [-0.2, 0) is 6.42 Å². The summed E-state index contributed by atoms with van der Waals surface area (Å²) in [6.07, 6.45) is 0.136. The molecule has 68 valence electrons. The van der Waals surface area contributed by atoms with Crippen LogP contribution >= 0.6 is 23.1 Å². The van der Waals surface area contributed by atoms with E-state index in [1.165, 1.54) is 0 Å². The zero-order valence-electron chi connectivity index (χ0n) is 6.05.